The van der Waals surface area contributed by atoms with Gasteiger partial charge in [0.05, 0.1) is 0 Å². The van der Waals surface area contributed by atoms with Crippen molar-refractivity contribution in [3.05, 3.63) is 34.9 Å². The predicted molar refractivity (Wildman–Crippen MR) is 91.5 cm³/mol. The van der Waals surface area contributed by atoms with Crippen LogP contribution in [0.5, 0.6) is 0 Å². The third-order valence-corrected chi connectivity index (χ3v) is 5.06. The second kappa shape index (κ2) is 7.36. The van der Waals surface area contributed by atoms with Crippen molar-refractivity contribution in [2.45, 2.75) is 48.0 Å². The number of rotatable bonds is 6. The van der Waals surface area contributed by atoms with Crippen LogP contribution in [0.2, 0.25) is 0 Å². The predicted octanol–water partition coefficient (Wildman–Crippen LogP) is 5.24. The van der Waals surface area contributed by atoms with Gasteiger partial charge < -0.3 is 0 Å². The molecule has 2 unspecified atom stereocenters. The second-order valence-corrected chi connectivity index (χ2v) is 8.45. The van der Waals surface area contributed by atoms with Crippen molar-refractivity contribution < 1.29 is 4.79 Å². The van der Waals surface area contributed by atoms with Gasteiger partial charge in [-0.3, -0.25) is 4.79 Å². The van der Waals surface area contributed by atoms with Gasteiger partial charge in [0.25, 0.3) is 0 Å². The van der Waals surface area contributed by atoms with Gasteiger partial charge in [-0.05, 0) is 48.9 Å². The average Bonchev–Trinajstić information content (AvgIpc) is 2.26. The molecule has 0 aliphatic carbocycles. The summed E-state index contributed by atoms with van der Waals surface area (Å²) in [6.45, 7) is 13.2. The SMILES string of the molecule is Cc1cccc(C)c1C(=O)CPCC(C)CC(C)(C)C. The zero-order valence-corrected chi connectivity index (χ0v) is 14.8. The molecule has 0 N–H and O–H groups in total. The van der Waals surface area contributed by atoms with Crippen LogP contribution in [0.15, 0.2) is 18.2 Å². The summed E-state index contributed by atoms with van der Waals surface area (Å²) in [6.07, 6.45) is 3.12. The van der Waals surface area contributed by atoms with E-state index < -0.39 is 0 Å². The minimum absolute atomic E-state index is 0.321. The molecule has 1 rings (SSSR count). The fraction of sp³-hybridized carbons (Fsp3) is 0.611. The molecule has 0 amide bonds. The highest BCUT2D eigenvalue weighted by atomic mass is 31.1. The molecule has 0 saturated heterocycles. The van der Waals surface area contributed by atoms with Gasteiger partial charge in [0.1, 0.15) is 0 Å². The van der Waals surface area contributed by atoms with Crippen molar-refractivity contribution in [2.75, 3.05) is 12.3 Å². The van der Waals surface area contributed by atoms with E-state index in [0.29, 0.717) is 23.3 Å². The number of Topliss-reactive ketones (excluding diaryl/α,β-unsaturated/α-hetero) is 1. The van der Waals surface area contributed by atoms with E-state index in [1.807, 2.05) is 32.0 Å². The summed E-state index contributed by atoms with van der Waals surface area (Å²) in [5.41, 5.74) is 3.56. The van der Waals surface area contributed by atoms with Gasteiger partial charge in [-0.25, -0.2) is 0 Å². The smallest absolute Gasteiger partial charge is 0.167 e. The van der Waals surface area contributed by atoms with Crippen molar-refractivity contribution in [1.29, 1.82) is 0 Å². The van der Waals surface area contributed by atoms with E-state index >= 15 is 0 Å². The molecular weight excluding hydrogens is 263 g/mol. The first-order valence-electron chi connectivity index (χ1n) is 7.51. The lowest BCUT2D eigenvalue weighted by atomic mass is 9.86. The number of hydrogen-bond acceptors (Lipinski definition) is 1. The molecule has 112 valence electrons. The Bertz CT molecular complexity index is 437. The zero-order chi connectivity index (χ0) is 15.3. The van der Waals surface area contributed by atoms with Crippen molar-refractivity contribution in [3.8, 4) is 0 Å². The van der Waals surface area contributed by atoms with Crippen LogP contribution in [0.1, 0.15) is 55.6 Å². The Kier molecular flexibility index (Phi) is 6.40. The number of benzene rings is 1. The first-order valence-corrected chi connectivity index (χ1v) is 8.92. The van der Waals surface area contributed by atoms with Crippen LogP contribution in [0.25, 0.3) is 0 Å². The molecule has 2 heteroatoms. The van der Waals surface area contributed by atoms with E-state index in [4.69, 9.17) is 0 Å². The van der Waals surface area contributed by atoms with Crippen LogP contribution in [0.3, 0.4) is 0 Å². The van der Waals surface area contributed by atoms with E-state index in [9.17, 15) is 4.79 Å². The Morgan fingerprint density at radius 3 is 2.25 bits per heavy atom. The maximum Gasteiger partial charge on any atom is 0.167 e. The quantitative estimate of drug-likeness (QED) is 0.518. The van der Waals surface area contributed by atoms with E-state index in [1.54, 1.807) is 0 Å². The molecule has 0 fully saturated rings. The third-order valence-electron chi connectivity index (χ3n) is 3.50. The summed E-state index contributed by atoms with van der Waals surface area (Å²) < 4.78 is 0. The van der Waals surface area contributed by atoms with Crippen LogP contribution < -0.4 is 0 Å². The van der Waals surface area contributed by atoms with Crippen LogP contribution in [-0.2, 0) is 0 Å². The monoisotopic (exact) mass is 292 g/mol. The van der Waals surface area contributed by atoms with Gasteiger partial charge in [0.2, 0.25) is 0 Å². The van der Waals surface area contributed by atoms with Crippen LogP contribution in [0.4, 0.5) is 0 Å². The lowest BCUT2D eigenvalue weighted by molar-refractivity contribution is 0.102. The topological polar surface area (TPSA) is 17.1 Å². The zero-order valence-electron chi connectivity index (χ0n) is 13.8. The highest BCUT2D eigenvalue weighted by Gasteiger charge is 2.16. The summed E-state index contributed by atoms with van der Waals surface area (Å²) in [4.78, 5) is 12.4. The molecule has 2 atom stereocenters. The molecule has 1 nitrogen and oxygen atoms in total. The summed E-state index contributed by atoms with van der Waals surface area (Å²) in [7, 11) is 0.747. The van der Waals surface area contributed by atoms with Gasteiger partial charge in [-0.2, -0.15) is 0 Å². The molecule has 0 saturated carbocycles. The average molecular weight is 292 g/mol. The molecule has 1 aromatic rings. The summed E-state index contributed by atoms with van der Waals surface area (Å²) in [5, 5.41) is 0. The number of carbonyl (C=O) groups is 1. The fourth-order valence-electron chi connectivity index (χ4n) is 2.89. The summed E-state index contributed by atoms with van der Waals surface area (Å²) in [5.74, 6) is 1.03. The van der Waals surface area contributed by atoms with Crippen molar-refractivity contribution in [2.24, 2.45) is 11.3 Å². The summed E-state index contributed by atoms with van der Waals surface area (Å²) in [6, 6.07) is 6.09. The molecule has 0 aliphatic heterocycles. The Hall–Kier alpha value is -0.680. The van der Waals surface area contributed by atoms with E-state index in [-0.39, 0.29) is 0 Å². The minimum Gasteiger partial charge on any atom is -0.294 e. The Labute approximate surface area is 126 Å². The molecule has 0 aromatic heterocycles. The van der Waals surface area contributed by atoms with Crippen LogP contribution in [-0.4, -0.2) is 18.1 Å². The van der Waals surface area contributed by atoms with Gasteiger partial charge in [-0.15, -0.1) is 8.58 Å². The van der Waals surface area contributed by atoms with Gasteiger partial charge >= 0.3 is 0 Å². The van der Waals surface area contributed by atoms with E-state index in [2.05, 4.69) is 27.7 Å². The van der Waals surface area contributed by atoms with Crippen molar-refractivity contribution >= 4 is 14.4 Å². The molecule has 0 aliphatic rings. The molecule has 0 radical (unpaired) electrons. The molecule has 0 spiro atoms. The largest absolute Gasteiger partial charge is 0.294 e. The fourth-order valence-corrected chi connectivity index (χ4v) is 4.08. The molecule has 0 bridgehead atoms. The molecular formula is C18H29OP. The highest BCUT2D eigenvalue weighted by molar-refractivity contribution is 7.39. The minimum atomic E-state index is 0.321. The van der Waals surface area contributed by atoms with Gasteiger partial charge in [-0.1, -0.05) is 45.9 Å². The Morgan fingerprint density at radius 1 is 1.20 bits per heavy atom. The first kappa shape index (κ1) is 17.4. The second-order valence-electron chi connectivity index (χ2n) is 7.19. The number of carbonyl (C=O) groups excluding carboxylic acids is 1. The van der Waals surface area contributed by atoms with E-state index in [0.717, 1.165) is 25.3 Å². The first-order chi connectivity index (χ1) is 9.20. The highest BCUT2D eigenvalue weighted by Crippen LogP contribution is 2.28. The van der Waals surface area contributed by atoms with Gasteiger partial charge in [0, 0.05) is 11.7 Å². The van der Waals surface area contributed by atoms with E-state index in [1.165, 1.54) is 12.6 Å². The van der Waals surface area contributed by atoms with Crippen LogP contribution >= 0.6 is 8.58 Å². The number of aryl methyl sites for hydroxylation is 2. The number of hydrogen-bond donors (Lipinski definition) is 0. The lowest BCUT2D eigenvalue weighted by Gasteiger charge is -2.23. The maximum absolute atomic E-state index is 12.4. The normalized spacial score (nSPS) is 13.9. The maximum atomic E-state index is 12.4. The van der Waals surface area contributed by atoms with Crippen molar-refractivity contribution in [3.63, 3.8) is 0 Å². The Morgan fingerprint density at radius 2 is 1.75 bits per heavy atom. The standard InChI is InChI=1S/C18H29OP/c1-13(10-18(4,5)6)11-20-12-16(19)17-14(2)8-7-9-15(17)3/h7-9,13,20H,10-12H2,1-6H3. The lowest BCUT2D eigenvalue weighted by Crippen LogP contribution is -2.13. The molecule has 0 heterocycles. The molecule has 1 aromatic carbocycles. The van der Waals surface area contributed by atoms with Crippen LogP contribution in [0, 0.1) is 25.2 Å². The number of ketones is 1. The van der Waals surface area contributed by atoms with Gasteiger partial charge in [0.15, 0.2) is 5.78 Å². The third kappa shape index (κ3) is 5.75. The van der Waals surface area contributed by atoms with Crippen molar-refractivity contribution in [1.82, 2.24) is 0 Å². The summed E-state index contributed by atoms with van der Waals surface area (Å²) >= 11 is 0. The Balaban J connectivity index is 2.49. The molecule has 20 heavy (non-hydrogen) atoms.